The van der Waals surface area contributed by atoms with Crippen LogP contribution in [0.1, 0.15) is 290 Å². The van der Waals surface area contributed by atoms with Gasteiger partial charge in [0.1, 0.15) is 13.2 Å². The standard InChI is InChI=1S/C73H120O6/c1-4-7-10-13-16-19-22-25-28-31-33-34-35-36-37-38-40-42-45-48-51-54-57-60-63-66-72(75)78-69-70(68-77-71(74)65-62-59-56-53-50-47-44-41-30-27-24-21-18-15-12-9-6-3)79-73(76)67-64-61-58-55-52-49-46-43-39-32-29-26-23-20-17-14-11-8-5-2/h7,9-10,12,16-21,25-30,33-34,36-37,44,47,70H,4-6,8,11,13-15,22-24,31-32,35,38-43,45-46,48-69H2,1-3H3/b10-7-,12-9-,19-16-,20-17-,21-18-,28-25-,29-26-,30-27-,34-33-,37-36-,47-44-. The van der Waals surface area contributed by atoms with Crippen molar-refractivity contribution in [3.05, 3.63) is 134 Å². The second-order valence-corrected chi connectivity index (χ2v) is 21.3. The summed E-state index contributed by atoms with van der Waals surface area (Å²) in [7, 11) is 0. The van der Waals surface area contributed by atoms with Gasteiger partial charge in [-0.15, -0.1) is 0 Å². The number of rotatable bonds is 58. The van der Waals surface area contributed by atoms with E-state index in [1.165, 1.54) is 109 Å². The van der Waals surface area contributed by atoms with Crippen molar-refractivity contribution in [1.29, 1.82) is 0 Å². The van der Waals surface area contributed by atoms with Gasteiger partial charge in [-0.1, -0.05) is 270 Å². The Hall–Kier alpha value is -4.45. The summed E-state index contributed by atoms with van der Waals surface area (Å²) in [5.74, 6) is -0.924. The summed E-state index contributed by atoms with van der Waals surface area (Å²) in [6.07, 6.45) is 93.1. The summed E-state index contributed by atoms with van der Waals surface area (Å²) in [6.45, 7) is 6.37. The zero-order valence-corrected chi connectivity index (χ0v) is 51.3. The fourth-order valence-electron chi connectivity index (χ4n) is 8.79. The topological polar surface area (TPSA) is 78.9 Å². The monoisotopic (exact) mass is 1090 g/mol. The molecule has 0 rings (SSSR count). The van der Waals surface area contributed by atoms with Gasteiger partial charge in [0.05, 0.1) is 0 Å². The fourth-order valence-corrected chi connectivity index (χ4v) is 8.79. The Morgan fingerprint density at radius 3 is 0.772 bits per heavy atom. The lowest BCUT2D eigenvalue weighted by Gasteiger charge is -2.18. The Kier molecular flexibility index (Phi) is 62.3. The van der Waals surface area contributed by atoms with Gasteiger partial charge in [0.2, 0.25) is 0 Å². The molecular formula is C73H120O6. The van der Waals surface area contributed by atoms with Gasteiger partial charge >= 0.3 is 17.9 Å². The van der Waals surface area contributed by atoms with Crippen LogP contribution in [0.4, 0.5) is 0 Å². The highest BCUT2D eigenvalue weighted by molar-refractivity contribution is 5.71. The molecule has 0 amide bonds. The van der Waals surface area contributed by atoms with Crippen molar-refractivity contribution in [2.24, 2.45) is 0 Å². The van der Waals surface area contributed by atoms with Crippen LogP contribution in [-0.2, 0) is 28.6 Å². The lowest BCUT2D eigenvalue weighted by Crippen LogP contribution is -2.30. The highest BCUT2D eigenvalue weighted by atomic mass is 16.6. The van der Waals surface area contributed by atoms with Crippen molar-refractivity contribution < 1.29 is 28.6 Å². The number of carbonyl (C=O) groups excluding carboxylic acids is 3. The van der Waals surface area contributed by atoms with Crippen LogP contribution in [0.2, 0.25) is 0 Å². The number of allylic oxidation sites excluding steroid dienone is 22. The maximum absolute atomic E-state index is 12.9. The van der Waals surface area contributed by atoms with E-state index >= 15 is 0 Å². The predicted molar refractivity (Wildman–Crippen MR) is 343 cm³/mol. The molecular weight excluding hydrogens is 973 g/mol. The number of hydrogen-bond acceptors (Lipinski definition) is 6. The van der Waals surface area contributed by atoms with Gasteiger partial charge in [0.15, 0.2) is 6.10 Å². The molecule has 0 aliphatic rings. The van der Waals surface area contributed by atoms with Crippen LogP contribution in [0, 0.1) is 0 Å². The number of carbonyl (C=O) groups is 3. The number of hydrogen-bond donors (Lipinski definition) is 0. The van der Waals surface area contributed by atoms with E-state index in [1.54, 1.807) is 0 Å². The average molecular weight is 1090 g/mol. The van der Waals surface area contributed by atoms with Crippen molar-refractivity contribution >= 4 is 17.9 Å². The van der Waals surface area contributed by atoms with Crippen LogP contribution in [0.3, 0.4) is 0 Å². The van der Waals surface area contributed by atoms with Gasteiger partial charge in [-0.3, -0.25) is 14.4 Å². The molecule has 0 spiro atoms. The Morgan fingerprint density at radius 2 is 0.494 bits per heavy atom. The van der Waals surface area contributed by atoms with Crippen LogP contribution in [0.25, 0.3) is 0 Å². The Bertz CT molecular complexity index is 1680. The summed E-state index contributed by atoms with van der Waals surface area (Å²) in [6, 6.07) is 0. The molecule has 1 atom stereocenters. The van der Waals surface area contributed by atoms with Crippen molar-refractivity contribution in [3.8, 4) is 0 Å². The fraction of sp³-hybridized carbons (Fsp3) is 0.658. The molecule has 0 N–H and O–H groups in total. The van der Waals surface area contributed by atoms with Crippen LogP contribution in [-0.4, -0.2) is 37.2 Å². The molecule has 6 heteroatoms. The summed E-state index contributed by atoms with van der Waals surface area (Å²) >= 11 is 0. The molecule has 0 saturated heterocycles. The normalized spacial score (nSPS) is 13.0. The molecule has 0 aromatic rings. The van der Waals surface area contributed by atoms with Gasteiger partial charge in [-0.05, 0) is 135 Å². The van der Waals surface area contributed by atoms with Gasteiger partial charge in [0, 0.05) is 19.3 Å². The third kappa shape index (κ3) is 64.3. The minimum atomic E-state index is -0.800. The molecule has 0 aliphatic heterocycles. The average Bonchev–Trinajstić information content (AvgIpc) is 3.45. The van der Waals surface area contributed by atoms with E-state index in [4.69, 9.17) is 14.2 Å². The van der Waals surface area contributed by atoms with Gasteiger partial charge < -0.3 is 14.2 Å². The zero-order valence-electron chi connectivity index (χ0n) is 51.3. The van der Waals surface area contributed by atoms with E-state index < -0.39 is 6.10 Å². The number of esters is 3. The maximum atomic E-state index is 12.9. The molecule has 0 bridgehead atoms. The Balaban J connectivity index is 4.43. The second kappa shape index (κ2) is 66.1. The first-order valence-electron chi connectivity index (χ1n) is 32.7. The van der Waals surface area contributed by atoms with E-state index in [-0.39, 0.29) is 31.1 Å². The van der Waals surface area contributed by atoms with Gasteiger partial charge in [-0.25, -0.2) is 0 Å². The third-order valence-corrected chi connectivity index (χ3v) is 13.6. The molecule has 6 nitrogen and oxygen atoms in total. The van der Waals surface area contributed by atoms with Crippen molar-refractivity contribution in [3.63, 3.8) is 0 Å². The van der Waals surface area contributed by atoms with Crippen LogP contribution >= 0.6 is 0 Å². The first-order valence-corrected chi connectivity index (χ1v) is 32.7. The minimum absolute atomic E-state index is 0.0942. The summed E-state index contributed by atoms with van der Waals surface area (Å²) < 4.78 is 16.9. The molecule has 0 heterocycles. The summed E-state index contributed by atoms with van der Waals surface area (Å²) in [5.41, 5.74) is 0. The Morgan fingerprint density at radius 1 is 0.266 bits per heavy atom. The largest absolute Gasteiger partial charge is 0.462 e. The van der Waals surface area contributed by atoms with Crippen LogP contribution < -0.4 is 0 Å². The van der Waals surface area contributed by atoms with Crippen molar-refractivity contribution in [2.75, 3.05) is 13.2 Å². The minimum Gasteiger partial charge on any atom is -0.462 e. The predicted octanol–water partition coefficient (Wildman–Crippen LogP) is 22.5. The first kappa shape index (κ1) is 74.5. The van der Waals surface area contributed by atoms with Crippen LogP contribution in [0.5, 0.6) is 0 Å². The first-order chi connectivity index (χ1) is 39.0. The van der Waals surface area contributed by atoms with Gasteiger partial charge in [0.25, 0.3) is 0 Å². The molecule has 0 saturated carbocycles. The molecule has 0 aliphatic carbocycles. The van der Waals surface area contributed by atoms with Gasteiger partial charge in [-0.2, -0.15) is 0 Å². The lowest BCUT2D eigenvalue weighted by atomic mass is 10.1. The van der Waals surface area contributed by atoms with Crippen LogP contribution in [0.15, 0.2) is 134 Å². The molecule has 448 valence electrons. The van der Waals surface area contributed by atoms with E-state index in [0.717, 1.165) is 141 Å². The zero-order chi connectivity index (χ0) is 57.1. The Labute approximate surface area is 487 Å². The third-order valence-electron chi connectivity index (χ3n) is 13.6. The number of unbranched alkanes of at least 4 members (excludes halogenated alkanes) is 25. The van der Waals surface area contributed by atoms with Crippen molar-refractivity contribution in [1.82, 2.24) is 0 Å². The quantitative estimate of drug-likeness (QED) is 0.0261. The van der Waals surface area contributed by atoms with Crippen molar-refractivity contribution in [2.45, 2.75) is 297 Å². The second-order valence-electron chi connectivity index (χ2n) is 21.3. The smallest absolute Gasteiger partial charge is 0.306 e. The maximum Gasteiger partial charge on any atom is 0.306 e. The molecule has 0 radical (unpaired) electrons. The van der Waals surface area contributed by atoms with E-state index in [2.05, 4.69) is 154 Å². The van der Waals surface area contributed by atoms with E-state index in [9.17, 15) is 14.4 Å². The number of ether oxygens (including phenoxy) is 3. The highest BCUT2D eigenvalue weighted by Gasteiger charge is 2.19. The highest BCUT2D eigenvalue weighted by Crippen LogP contribution is 2.15. The molecule has 0 fully saturated rings. The SMILES string of the molecule is CC/C=C\C/C=C\C/C=C\C/C=C\C/C=C\CCCCCCCCCCCC(=O)OCC(COC(=O)CCCCCC/C=C\C/C=C\C/C=C\C/C=C\CC)OC(=O)CCCCCCCCCCC/C=C\C/C=C\CCCCC. The lowest BCUT2D eigenvalue weighted by molar-refractivity contribution is -0.167. The van der Waals surface area contributed by atoms with E-state index in [1.807, 2.05) is 0 Å². The molecule has 0 aromatic carbocycles. The molecule has 1 unspecified atom stereocenters. The summed E-state index contributed by atoms with van der Waals surface area (Å²) in [5, 5.41) is 0. The molecule has 0 aromatic heterocycles. The summed E-state index contributed by atoms with van der Waals surface area (Å²) in [4.78, 5) is 38.4. The molecule has 79 heavy (non-hydrogen) atoms. The van der Waals surface area contributed by atoms with E-state index in [0.29, 0.717) is 19.3 Å².